The average Bonchev–Trinajstić information content (AvgIpc) is 2.62. The van der Waals surface area contributed by atoms with E-state index < -0.39 is 11.6 Å². The van der Waals surface area contributed by atoms with Gasteiger partial charge in [-0.1, -0.05) is 0 Å². The van der Waals surface area contributed by atoms with E-state index in [1.54, 1.807) is 11.1 Å². The molecule has 1 aromatic carbocycles. The Labute approximate surface area is 163 Å². The van der Waals surface area contributed by atoms with E-state index in [0.717, 1.165) is 5.56 Å². The van der Waals surface area contributed by atoms with Gasteiger partial charge in [0.05, 0.1) is 38.3 Å². The van der Waals surface area contributed by atoms with Gasteiger partial charge >= 0.3 is 12.1 Å². The predicted octanol–water partition coefficient (Wildman–Crippen LogP) is 2.93. The van der Waals surface area contributed by atoms with Gasteiger partial charge in [-0.3, -0.25) is 4.98 Å². The van der Waals surface area contributed by atoms with Crippen molar-refractivity contribution in [3.63, 3.8) is 0 Å². The fraction of sp³-hybridized carbons (Fsp3) is 0.400. The molecule has 0 spiro atoms. The van der Waals surface area contributed by atoms with Gasteiger partial charge in [0.15, 0.2) is 5.69 Å². The minimum Gasteiger partial charge on any atom is -0.487 e. The number of rotatable bonds is 4. The SMILES string of the molecule is COC(=O)c1cncc(-c2ccc(OC3CN(C(=O)OC(C)(C)C)C3)cc2)n1. The molecule has 1 fully saturated rings. The molecule has 0 aliphatic carbocycles. The number of esters is 1. The first-order valence-electron chi connectivity index (χ1n) is 8.90. The van der Waals surface area contributed by atoms with E-state index in [-0.39, 0.29) is 17.9 Å². The van der Waals surface area contributed by atoms with Crippen LogP contribution in [0.15, 0.2) is 36.7 Å². The van der Waals surface area contributed by atoms with Crippen LogP contribution in [0.4, 0.5) is 4.79 Å². The zero-order valence-electron chi connectivity index (χ0n) is 16.3. The van der Waals surface area contributed by atoms with Crippen LogP contribution < -0.4 is 4.74 Å². The average molecular weight is 385 g/mol. The van der Waals surface area contributed by atoms with E-state index in [9.17, 15) is 9.59 Å². The monoisotopic (exact) mass is 385 g/mol. The molecule has 28 heavy (non-hydrogen) atoms. The number of likely N-dealkylation sites (tertiary alicyclic amines) is 1. The molecule has 2 aromatic rings. The van der Waals surface area contributed by atoms with Crippen molar-refractivity contribution in [1.29, 1.82) is 0 Å². The number of hydrogen-bond acceptors (Lipinski definition) is 7. The molecule has 3 rings (SSSR count). The molecule has 0 atom stereocenters. The van der Waals surface area contributed by atoms with Crippen molar-refractivity contribution in [2.45, 2.75) is 32.5 Å². The van der Waals surface area contributed by atoms with Gasteiger partial charge in [-0.15, -0.1) is 0 Å². The van der Waals surface area contributed by atoms with Gasteiger partial charge in [0.1, 0.15) is 17.5 Å². The zero-order valence-corrected chi connectivity index (χ0v) is 16.3. The summed E-state index contributed by atoms with van der Waals surface area (Å²) in [5.74, 6) is 0.156. The third-order valence-electron chi connectivity index (χ3n) is 3.98. The Kier molecular flexibility index (Phi) is 5.48. The second-order valence-electron chi connectivity index (χ2n) is 7.43. The topological polar surface area (TPSA) is 90.9 Å². The molecule has 0 bridgehead atoms. The second-order valence-corrected chi connectivity index (χ2v) is 7.43. The quantitative estimate of drug-likeness (QED) is 0.747. The number of carbonyl (C=O) groups excluding carboxylic acids is 2. The molecular weight excluding hydrogens is 362 g/mol. The Balaban J connectivity index is 1.56. The highest BCUT2D eigenvalue weighted by atomic mass is 16.6. The van der Waals surface area contributed by atoms with Crippen molar-refractivity contribution in [3.05, 3.63) is 42.4 Å². The highest BCUT2D eigenvalue weighted by Crippen LogP contribution is 2.24. The van der Waals surface area contributed by atoms with Crippen LogP contribution in [-0.4, -0.2) is 58.8 Å². The largest absolute Gasteiger partial charge is 0.487 e. The molecule has 0 N–H and O–H groups in total. The van der Waals surface area contributed by atoms with Crippen molar-refractivity contribution in [2.75, 3.05) is 20.2 Å². The summed E-state index contributed by atoms with van der Waals surface area (Å²) in [7, 11) is 1.30. The molecule has 1 aliphatic rings. The summed E-state index contributed by atoms with van der Waals surface area (Å²) in [5.41, 5.74) is 1.01. The molecule has 1 aliphatic heterocycles. The van der Waals surface area contributed by atoms with E-state index in [1.807, 2.05) is 45.0 Å². The number of benzene rings is 1. The lowest BCUT2D eigenvalue weighted by atomic mass is 10.1. The second kappa shape index (κ2) is 7.84. The van der Waals surface area contributed by atoms with Crippen LogP contribution in [0.2, 0.25) is 0 Å². The van der Waals surface area contributed by atoms with Gasteiger partial charge in [-0.25, -0.2) is 14.6 Å². The first kappa shape index (κ1) is 19.6. The van der Waals surface area contributed by atoms with Crippen LogP contribution >= 0.6 is 0 Å². The van der Waals surface area contributed by atoms with Crippen LogP contribution in [0.25, 0.3) is 11.3 Å². The van der Waals surface area contributed by atoms with E-state index >= 15 is 0 Å². The van der Waals surface area contributed by atoms with Crippen molar-refractivity contribution in [1.82, 2.24) is 14.9 Å². The normalized spacial score (nSPS) is 14.2. The number of carbonyl (C=O) groups is 2. The Morgan fingerprint density at radius 3 is 2.39 bits per heavy atom. The number of amides is 1. The highest BCUT2D eigenvalue weighted by Gasteiger charge is 2.35. The van der Waals surface area contributed by atoms with Crippen molar-refractivity contribution in [2.24, 2.45) is 0 Å². The van der Waals surface area contributed by atoms with Gasteiger partial charge in [-0.2, -0.15) is 0 Å². The van der Waals surface area contributed by atoms with E-state index in [4.69, 9.17) is 9.47 Å². The number of ether oxygens (including phenoxy) is 3. The maximum absolute atomic E-state index is 11.9. The van der Waals surface area contributed by atoms with E-state index in [2.05, 4.69) is 14.7 Å². The molecule has 0 saturated carbocycles. The summed E-state index contributed by atoms with van der Waals surface area (Å²) in [6.07, 6.45) is 2.54. The van der Waals surface area contributed by atoms with Crippen molar-refractivity contribution in [3.8, 4) is 17.0 Å². The zero-order chi connectivity index (χ0) is 20.3. The van der Waals surface area contributed by atoms with E-state index in [0.29, 0.717) is 24.5 Å². The molecule has 148 valence electrons. The van der Waals surface area contributed by atoms with Gasteiger partial charge in [0.2, 0.25) is 0 Å². The fourth-order valence-corrected chi connectivity index (χ4v) is 2.59. The molecular formula is C20H23N3O5. The number of methoxy groups -OCH3 is 1. The van der Waals surface area contributed by atoms with Crippen molar-refractivity contribution < 1.29 is 23.8 Å². The molecule has 8 nitrogen and oxygen atoms in total. The summed E-state index contributed by atoms with van der Waals surface area (Å²) in [6, 6.07) is 7.31. The summed E-state index contributed by atoms with van der Waals surface area (Å²) in [5, 5.41) is 0. The minimum absolute atomic E-state index is 0.0687. The molecule has 1 amide bonds. The van der Waals surface area contributed by atoms with E-state index in [1.165, 1.54) is 13.3 Å². The predicted molar refractivity (Wildman–Crippen MR) is 101 cm³/mol. The Morgan fingerprint density at radius 1 is 1.11 bits per heavy atom. The van der Waals surface area contributed by atoms with Crippen LogP contribution in [0.1, 0.15) is 31.3 Å². The van der Waals surface area contributed by atoms with Crippen LogP contribution in [0.3, 0.4) is 0 Å². The van der Waals surface area contributed by atoms with Crippen LogP contribution in [-0.2, 0) is 9.47 Å². The molecule has 0 radical (unpaired) electrons. The highest BCUT2D eigenvalue weighted by molar-refractivity contribution is 5.87. The molecule has 1 aromatic heterocycles. The minimum atomic E-state index is -0.533. The molecule has 2 heterocycles. The Morgan fingerprint density at radius 2 is 1.79 bits per heavy atom. The maximum Gasteiger partial charge on any atom is 0.410 e. The lowest BCUT2D eigenvalue weighted by Gasteiger charge is -2.39. The third-order valence-corrected chi connectivity index (χ3v) is 3.98. The summed E-state index contributed by atoms with van der Waals surface area (Å²) >= 11 is 0. The molecule has 1 saturated heterocycles. The summed E-state index contributed by atoms with van der Waals surface area (Å²) in [4.78, 5) is 33.4. The number of hydrogen-bond donors (Lipinski definition) is 0. The standard InChI is InChI=1S/C20H23N3O5/c1-20(2,3)28-19(25)23-11-15(12-23)27-14-7-5-13(6-8-14)16-9-21-10-17(22-16)18(24)26-4/h5-10,15H,11-12H2,1-4H3. The summed E-state index contributed by atoms with van der Waals surface area (Å²) in [6.45, 7) is 6.50. The first-order valence-corrected chi connectivity index (χ1v) is 8.90. The van der Waals surface area contributed by atoms with Crippen molar-refractivity contribution >= 4 is 12.1 Å². The number of aromatic nitrogens is 2. The smallest absolute Gasteiger partial charge is 0.410 e. The third kappa shape index (κ3) is 4.76. The first-order chi connectivity index (χ1) is 13.2. The van der Waals surface area contributed by atoms with Gasteiger partial charge < -0.3 is 19.1 Å². The fourth-order valence-electron chi connectivity index (χ4n) is 2.59. The Bertz CT molecular complexity index is 855. The lowest BCUT2D eigenvalue weighted by Crippen LogP contribution is -2.57. The van der Waals surface area contributed by atoms with Gasteiger partial charge in [0.25, 0.3) is 0 Å². The number of nitrogens with zero attached hydrogens (tertiary/aromatic N) is 3. The maximum atomic E-state index is 11.9. The molecule has 0 unspecified atom stereocenters. The Hall–Kier alpha value is -3.16. The van der Waals surface area contributed by atoms with Crippen LogP contribution in [0.5, 0.6) is 5.75 Å². The lowest BCUT2D eigenvalue weighted by molar-refractivity contribution is -0.0221. The van der Waals surface area contributed by atoms with Crippen LogP contribution in [0, 0.1) is 0 Å². The summed E-state index contributed by atoms with van der Waals surface area (Å²) < 4.78 is 15.9. The van der Waals surface area contributed by atoms with Gasteiger partial charge in [-0.05, 0) is 45.0 Å². The molecule has 8 heteroatoms. The van der Waals surface area contributed by atoms with Gasteiger partial charge in [0, 0.05) is 5.56 Å².